The SMILES string of the molecule is CS(=O)(=O)C1=NC=C1. The van der Waals surface area contributed by atoms with Crippen LogP contribution >= 0.6 is 0 Å². The van der Waals surface area contributed by atoms with E-state index in [0.29, 0.717) is 0 Å². The molecule has 0 fully saturated rings. The van der Waals surface area contributed by atoms with Crippen LogP contribution in [-0.4, -0.2) is 19.7 Å². The van der Waals surface area contributed by atoms with E-state index in [1.807, 2.05) is 0 Å². The Morgan fingerprint density at radius 2 is 2.12 bits per heavy atom. The summed E-state index contributed by atoms with van der Waals surface area (Å²) in [4.78, 5) is 3.49. The van der Waals surface area contributed by atoms with Crippen LogP contribution < -0.4 is 0 Å². The van der Waals surface area contributed by atoms with Crippen LogP contribution in [0.4, 0.5) is 0 Å². The summed E-state index contributed by atoms with van der Waals surface area (Å²) in [6, 6.07) is 0. The fourth-order valence-corrected chi connectivity index (χ4v) is 0.915. The van der Waals surface area contributed by atoms with E-state index in [1.165, 1.54) is 12.3 Å². The molecule has 0 saturated carbocycles. The van der Waals surface area contributed by atoms with Gasteiger partial charge in [-0.05, 0) is 6.08 Å². The van der Waals surface area contributed by atoms with Crippen molar-refractivity contribution in [2.45, 2.75) is 0 Å². The summed E-state index contributed by atoms with van der Waals surface area (Å²) in [7, 11) is -3.00. The third kappa shape index (κ3) is 0.790. The molecule has 44 valence electrons. The average Bonchev–Trinajstić information content (AvgIpc) is 1.16. The Kier molecular flexibility index (Phi) is 0.973. The van der Waals surface area contributed by atoms with Gasteiger partial charge in [-0.25, -0.2) is 13.4 Å². The minimum Gasteiger partial charge on any atom is -0.245 e. The Morgan fingerprint density at radius 3 is 2.12 bits per heavy atom. The van der Waals surface area contributed by atoms with Gasteiger partial charge in [0.2, 0.25) is 0 Å². The molecule has 0 unspecified atom stereocenters. The van der Waals surface area contributed by atoms with E-state index in [-0.39, 0.29) is 5.04 Å². The van der Waals surface area contributed by atoms with Crippen molar-refractivity contribution in [3.05, 3.63) is 12.3 Å². The zero-order valence-electron chi connectivity index (χ0n) is 4.33. The van der Waals surface area contributed by atoms with Gasteiger partial charge in [0.15, 0.2) is 14.9 Å². The predicted molar refractivity (Wildman–Crippen MR) is 31.4 cm³/mol. The van der Waals surface area contributed by atoms with Gasteiger partial charge in [0.05, 0.1) is 0 Å². The fraction of sp³-hybridized carbons (Fsp3) is 0.250. The van der Waals surface area contributed by atoms with E-state index in [0.717, 1.165) is 6.26 Å². The van der Waals surface area contributed by atoms with Crippen LogP contribution in [0.25, 0.3) is 0 Å². The van der Waals surface area contributed by atoms with Crippen molar-refractivity contribution in [3.63, 3.8) is 0 Å². The topological polar surface area (TPSA) is 46.5 Å². The van der Waals surface area contributed by atoms with Crippen molar-refractivity contribution in [1.29, 1.82) is 0 Å². The highest BCUT2D eigenvalue weighted by atomic mass is 32.2. The molecule has 1 aliphatic heterocycles. The maximum Gasteiger partial charge on any atom is 0.192 e. The smallest absolute Gasteiger partial charge is 0.192 e. The molecule has 1 aliphatic rings. The second-order valence-electron chi connectivity index (χ2n) is 1.56. The molecule has 4 heteroatoms. The molecule has 0 aromatic heterocycles. The van der Waals surface area contributed by atoms with Crippen LogP contribution in [-0.2, 0) is 9.84 Å². The Bertz CT molecular complexity index is 247. The molecule has 0 spiro atoms. The molecule has 0 saturated heterocycles. The largest absolute Gasteiger partial charge is 0.245 e. The molecule has 1 rings (SSSR count). The van der Waals surface area contributed by atoms with E-state index in [9.17, 15) is 8.42 Å². The lowest BCUT2D eigenvalue weighted by molar-refractivity contribution is 0.612. The summed E-state index contributed by atoms with van der Waals surface area (Å²) < 4.78 is 20.9. The third-order valence-electron chi connectivity index (χ3n) is 0.799. The second-order valence-corrected chi connectivity index (χ2v) is 3.52. The quantitative estimate of drug-likeness (QED) is 0.463. The number of sulfone groups is 1. The van der Waals surface area contributed by atoms with Crippen LogP contribution in [0, 0.1) is 0 Å². The van der Waals surface area contributed by atoms with Crippen molar-refractivity contribution in [1.82, 2.24) is 0 Å². The van der Waals surface area contributed by atoms with E-state index >= 15 is 0 Å². The van der Waals surface area contributed by atoms with Gasteiger partial charge < -0.3 is 0 Å². The van der Waals surface area contributed by atoms with Gasteiger partial charge in [0, 0.05) is 12.5 Å². The van der Waals surface area contributed by atoms with E-state index in [4.69, 9.17) is 0 Å². The number of rotatable bonds is 0. The minimum atomic E-state index is -3.00. The highest BCUT2D eigenvalue weighted by molar-refractivity contribution is 8.06. The first-order chi connectivity index (χ1) is 3.61. The van der Waals surface area contributed by atoms with Gasteiger partial charge in [0.25, 0.3) is 0 Å². The van der Waals surface area contributed by atoms with Crippen LogP contribution in [0.1, 0.15) is 0 Å². The zero-order chi connectivity index (χ0) is 6.20. The summed E-state index contributed by atoms with van der Waals surface area (Å²) in [5.74, 6) is 0. The Hall–Kier alpha value is -0.640. The molecule has 3 nitrogen and oxygen atoms in total. The van der Waals surface area contributed by atoms with Gasteiger partial charge in [-0.15, -0.1) is 0 Å². The average molecular weight is 131 g/mol. The maximum absolute atomic E-state index is 10.4. The van der Waals surface area contributed by atoms with Crippen LogP contribution in [0.2, 0.25) is 0 Å². The van der Waals surface area contributed by atoms with E-state index < -0.39 is 9.84 Å². The molecular weight excluding hydrogens is 126 g/mol. The minimum absolute atomic E-state index is 0.178. The van der Waals surface area contributed by atoms with E-state index in [1.54, 1.807) is 0 Å². The maximum atomic E-state index is 10.4. The lowest BCUT2D eigenvalue weighted by Gasteiger charge is -1.99. The second kappa shape index (κ2) is 1.42. The van der Waals surface area contributed by atoms with Crippen molar-refractivity contribution < 1.29 is 8.42 Å². The van der Waals surface area contributed by atoms with Crippen molar-refractivity contribution in [2.75, 3.05) is 6.26 Å². The van der Waals surface area contributed by atoms with Crippen molar-refractivity contribution >= 4 is 14.9 Å². The predicted octanol–water partition coefficient (Wildman–Crippen LogP) is -0.0432. The van der Waals surface area contributed by atoms with Crippen LogP contribution in [0.3, 0.4) is 0 Å². The molecule has 1 heterocycles. The van der Waals surface area contributed by atoms with E-state index in [2.05, 4.69) is 4.99 Å². The number of nitrogens with zero attached hydrogens (tertiary/aromatic N) is 1. The first kappa shape index (κ1) is 5.50. The highest BCUT2D eigenvalue weighted by Gasteiger charge is 2.12. The Morgan fingerprint density at radius 1 is 1.62 bits per heavy atom. The number of hydrogen-bond donors (Lipinski definition) is 0. The van der Waals surface area contributed by atoms with Gasteiger partial charge in [0.1, 0.15) is 0 Å². The lowest BCUT2D eigenvalue weighted by Crippen LogP contribution is -2.12. The van der Waals surface area contributed by atoms with Crippen LogP contribution in [0.5, 0.6) is 0 Å². The first-order valence-electron chi connectivity index (χ1n) is 2.05. The monoisotopic (exact) mass is 131 g/mol. The lowest BCUT2D eigenvalue weighted by atomic mass is 10.6. The zero-order valence-corrected chi connectivity index (χ0v) is 5.14. The number of aliphatic imine (C=N–C) groups is 1. The summed E-state index contributed by atoms with van der Waals surface area (Å²) in [5, 5.41) is 0.178. The normalized spacial score (nSPS) is 17.4. The van der Waals surface area contributed by atoms with Gasteiger partial charge in [-0.2, -0.15) is 0 Å². The molecule has 0 atom stereocenters. The number of hydrogen-bond acceptors (Lipinski definition) is 3. The van der Waals surface area contributed by atoms with Crippen molar-refractivity contribution in [3.8, 4) is 0 Å². The van der Waals surface area contributed by atoms with Crippen molar-refractivity contribution in [2.24, 2.45) is 4.99 Å². The Balaban J connectivity index is 2.93. The fourth-order valence-electron chi connectivity index (χ4n) is 0.355. The first-order valence-corrected chi connectivity index (χ1v) is 3.94. The molecule has 0 aliphatic carbocycles. The molecular formula is C4H5NO2S. The van der Waals surface area contributed by atoms with Gasteiger partial charge in [-0.3, -0.25) is 0 Å². The summed E-state index contributed by atoms with van der Waals surface area (Å²) in [6.45, 7) is 0. The molecule has 8 heavy (non-hydrogen) atoms. The third-order valence-corrected chi connectivity index (χ3v) is 1.80. The standard InChI is InChI=1S/C4H5NO2S/c1-8(6,7)4-2-3-5-4/h2-3H,1H3. The summed E-state index contributed by atoms with van der Waals surface area (Å²) >= 11 is 0. The summed E-state index contributed by atoms with van der Waals surface area (Å²) in [5.41, 5.74) is 0. The molecule has 0 N–H and O–H groups in total. The molecule has 0 aromatic carbocycles. The highest BCUT2D eigenvalue weighted by Crippen LogP contribution is 2.01. The molecule has 0 amide bonds. The molecule has 0 bridgehead atoms. The van der Waals surface area contributed by atoms with Gasteiger partial charge >= 0.3 is 0 Å². The molecule has 0 radical (unpaired) electrons. The van der Waals surface area contributed by atoms with Gasteiger partial charge in [-0.1, -0.05) is 0 Å². The Labute approximate surface area is 47.7 Å². The summed E-state index contributed by atoms with van der Waals surface area (Å²) in [6.07, 6.45) is 4.06. The van der Waals surface area contributed by atoms with Crippen LogP contribution in [0.15, 0.2) is 17.3 Å². The molecule has 0 aromatic rings.